The van der Waals surface area contributed by atoms with Gasteiger partial charge in [0.25, 0.3) is 11.8 Å². The van der Waals surface area contributed by atoms with Crippen LogP contribution in [0.25, 0.3) is 5.65 Å². The number of thioether (sulfide) groups is 1. The van der Waals surface area contributed by atoms with E-state index in [1.807, 2.05) is 29.8 Å². The van der Waals surface area contributed by atoms with Crippen LogP contribution in [0.4, 0.5) is 5.13 Å². The molecule has 3 aromatic heterocycles. The first kappa shape index (κ1) is 23.7. The molecule has 0 aromatic carbocycles. The zero-order valence-electron chi connectivity index (χ0n) is 19.1. The summed E-state index contributed by atoms with van der Waals surface area (Å²) in [6.07, 6.45) is 3.60. The largest absolute Gasteiger partial charge is 0.477 e. The highest BCUT2D eigenvalue weighted by Crippen LogP contribution is 2.40. The number of hydrogen-bond donors (Lipinski definition) is 3. The van der Waals surface area contributed by atoms with Gasteiger partial charge in [-0.15, -0.1) is 27.6 Å². The molecule has 2 atom stereocenters. The van der Waals surface area contributed by atoms with Gasteiger partial charge in [-0.25, -0.2) is 14.3 Å². The number of nitrogens with zero attached hydrogens (tertiary/aromatic N) is 6. The number of oxime groups is 1. The van der Waals surface area contributed by atoms with E-state index in [0.29, 0.717) is 11.3 Å². The molecular weight excluding hydrogens is 508 g/mol. The van der Waals surface area contributed by atoms with Crippen LogP contribution in [0.5, 0.6) is 0 Å². The van der Waals surface area contributed by atoms with E-state index in [1.165, 1.54) is 23.8 Å². The fraction of sp³-hybridized carbons (Fsp3) is 0.286. The number of nitrogen functional groups attached to an aromatic ring is 1. The predicted octanol–water partition coefficient (Wildman–Crippen LogP) is -0.242. The average molecular weight is 530 g/mol. The lowest BCUT2D eigenvalue weighted by atomic mass is 10.0. The molecule has 0 saturated carbocycles. The Morgan fingerprint density at radius 3 is 2.92 bits per heavy atom. The molecule has 5 heterocycles. The normalized spacial score (nSPS) is 19.8. The molecule has 0 spiro atoms. The summed E-state index contributed by atoms with van der Waals surface area (Å²) in [5.41, 5.74) is 7.89. The minimum atomic E-state index is -1.20. The van der Waals surface area contributed by atoms with Crippen molar-refractivity contribution in [2.45, 2.75) is 24.9 Å². The quantitative estimate of drug-likeness (QED) is 0.162. The van der Waals surface area contributed by atoms with E-state index in [9.17, 15) is 19.5 Å². The molecule has 0 radical (unpaired) electrons. The van der Waals surface area contributed by atoms with Crippen LogP contribution in [0, 0.1) is 6.92 Å². The summed E-state index contributed by atoms with van der Waals surface area (Å²) < 4.78 is 3.59. The third-order valence-electron chi connectivity index (χ3n) is 5.72. The number of carbonyl (C=O) groups excluding carboxylic acids is 2. The number of nitrogens with two attached hydrogens (primary N) is 1. The Balaban J connectivity index is 1.37. The second kappa shape index (κ2) is 9.23. The van der Waals surface area contributed by atoms with Crippen LogP contribution < -0.4 is 15.6 Å². The molecule has 2 aliphatic rings. The molecule has 186 valence electrons. The van der Waals surface area contributed by atoms with Crippen LogP contribution in [0.1, 0.15) is 11.4 Å². The van der Waals surface area contributed by atoms with Gasteiger partial charge in [-0.2, -0.15) is 0 Å². The first-order valence-electron chi connectivity index (χ1n) is 10.7. The SMILES string of the molecule is CO/N=C(\C(=O)N[C@@H]1C(=O)N2C(C(=O)O)=C(C[n+]3ccn4nc(C)ccc43)CS[C@H]12)c1csc(N)n1. The monoisotopic (exact) mass is 529 g/mol. The third-order valence-corrected chi connectivity index (χ3v) is 7.73. The molecule has 0 aliphatic carbocycles. The number of rotatable bonds is 7. The maximum Gasteiger partial charge on any atom is 0.352 e. The van der Waals surface area contributed by atoms with Crippen LogP contribution in [0.15, 0.2) is 46.3 Å². The molecule has 15 heteroatoms. The highest BCUT2D eigenvalue weighted by molar-refractivity contribution is 8.00. The molecule has 3 aromatic rings. The molecule has 13 nitrogen and oxygen atoms in total. The van der Waals surface area contributed by atoms with Gasteiger partial charge < -0.3 is 21.0 Å². The molecule has 2 aliphatic heterocycles. The van der Waals surface area contributed by atoms with Gasteiger partial charge in [0.05, 0.1) is 5.69 Å². The van der Waals surface area contributed by atoms with E-state index in [0.717, 1.165) is 22.7 Å². The first-order chi connectivity index (χ1) is 17.3. The van der Waals surface area contributed by atoms with Gasteiger partial charge >= 0.3 is 11.6 Å². The molecule has 0 bridgehead atoms. The number of nitrogens with one attached hydrogen (secondary N) is 1. The Kier molecular flexibility index (Phi) is 6.09. The number of carbonyl (C=O) groups is 3. The van der Waals surface area contributed by atoms with Crippen LogP contribution in [0.3, 0.4) is 0 Å². The fourth-order valence-corrected chi connectivity index (χ4v) is 6.01. The zero-order chi connectivity index (χ0) is 25.6. The summed E-state index contributed by atoms with van der Waals surface area (Å²) in [5.74, 6) is -2.03. The number of thiazole rings is 1. The van der Waals surface area contributed by atoms with Gasteiger partial charge in [0, 0.05) is 22.8 Å². The molecule has 0 unspecified atom stereocenters. The lowest BCUT2D eigenvalue weighted by molar-refractivity contribution is -0.662. The number of β-lactam (4-membered cyclic amide) rings is 1. The number of carboxylic acid groups (broad SMARTS) is 1. The summed E-state index contributed by atoms with van der Waals surface area (Å²) in [6, 6.07) is 2.85. The minimum absolute atomic E-state index is 0.0702. The molecule has 4 N–H and O–H groups in total. The van der Waals surface area contributed by atoms with Crippen molar-refractivity contribution in [1.29, 1.82) is 0 Å². The summed E-state index contributed by atoms with van der Waals surface area (Å²) in [7, 11) is 1.28. The second-order valence-corrected chi connectivity index (χ2v) is 10.0. The van der Waals surface area contributed by atoms with Crippen LogP contribution in [-0.4, -0.2) is 72.4 Å². The number of fused-ring (bicyclic) bond motifs is 2. The molecule has 36 heavy (non-hydrogen) atoms. The lowest BCUT2D eigenvalue weighted by Gasteiger charge is -2.49. The maximum absolute atomic E-state index is 13.0. The molecule has 1 fully saturated rings. The van der Waals surface area contributed by atoms with Gasteiger partial charge in [-0.3, -0.25) is 14.5 Å². The van der Waals surface area contributed by atoms with E-state index in [2.05, 4.69) is 20.6 Å². The molecular formula is C21H21N8O5S2+. The maximum atomic E-state index is 13.0. The topological polar surface area (TPSA) is 168 Å². The third kappa shape index (κ3) is 4.05. The standard InChI is InChI=1S/C21H20N8O5S2/c1-10-3-4-13-27(5-6-28(13)25-10)7-11-8-35-19-15(18(31)29(19)16(11)20(32)33)24-17(30)14(26-34-2)12-9-36-21(22)23-12/h3-6,9,15,19H,7-8H2,1-2H3,(H3-,22,23,24,30,32,33)/p+1/b26-14-/t15-,19-/m1/s1. The van der Waals surface area contributed by atoms with Gasteiger partial charge in [0.15, 0.2) is 17.0 Å². The number of aromatic nitrogens is 4. The van der Waals surface area contributed by atoms with E-state index in [4.69, 9.17) is 10.6 Å². The number of anilines is 1. The second-order valence-electron chi connectivity index (χ2n) is 8.02. The average Bonchev–Trinajstić information content (AvgIpc) is 3.45. The van der Waals surface area contributed by atoms with E-state index < -0.39 is 29.2 Å². The van der Waals surface area contributed by atoms with Crippen molar-refractivity contribution in [3.63, 3.8) is 0 Å². The van der Waals surface area contributed by atoms with E-state index in [-0.39, 0.29) is 28.8 Å². The molecule has 5 rings (SSSR count). The number of aryl methyl sites for hydroxylation is 1. The van der Waals surface area contributed by atoms with E-state index >= 15 is 0 Å². The number of imidazole rings is 1. The summed E-state index contributed by atoms with van der Waals surface area (Å²) >= 11 is 2.51. The summed E-state index contributed by atoms with van der Waals surface area (Å²) in [6.45, 7) is 2.16. The number of hydrogen-bond acceptors (Lipinski definition) is 10. The van der Waals surface area contributed by atoms with Crippen molar-refractivity contribution in [2.24, 2.45) is 5.16 Å². The Hall–Kier alpha value is -3.98. The molecule has 2 amide bonds. The van der Waals surface area contributed by atoms with Crippen molar-refractivity contribution in [3.8, 4) is 0 Å². The zero-order valence-corrected chi connectivity index (χ0v) is 20.7. The smallest absolute Gasteiger partial charge is 0.352 e. The van der Waals surface area contributed by atoms with Crippen LogP contribution in [0.2, 0.25) is 0 Å². The number of carboxylic acids is 1. The van der Waals surface area contributed by atoms with Gasteiger partial charge in [0.1, 0.15) is 42.7 Å². The Labute approximate surface area is 212 Å². The van der Waals surface area contributed by atoms with Crippen molar-refractivity contribution in [2.75, 3.05) is 18.6 Å². The Morgan fingerprint density at radius 1 is 1.42 bits per heavy atom. The van der Waals surface area contributed by atoms with Crippen LogP contribution >= 0.6 is 23.1 Å². The summed E-state index contributed by atoms with van der Waals surface area (Å²) in [5, 5.41) is 22.0. The minimum Gasteiger partial charge on any atom is -0.477 e. The highest BCUT2D eigenvalue weighted by atomic mass is 32.2. The van der Waals surface area contributed by atoms with Gasteiger partial charge in [-0.1, -0.05) is 10.3 Å². The van der Waals surface area contributed by atoms with Crippen molar-refractivity contribution in [3.05, 3.63) is 52.6 Å². The van der Waals surface area contributed by atoms with Crippen molar-refractivity contribution >= 4 is 57.4 Å². The summed E-state index contributed by atoms with van der Waals surface area (Å²) in [4.78, 5) is 48.2. The van der Waals surface area contributed by atoms with E-state index in [1.54, 1.807) is 16.1 Å². The van der Waals surface area contributed by atoms with Crippen LogP contribution in [-0.2, 0) is 25.8 Å². The Bertz CT molecular complexity index is 1460. The Morgan fingerprint density at radius 2 is 2.22 bits per heavy atom. The van der Waals surface area contributed by atoms with Gasteiger partial charge in [-0.05, 0) is 13.0 Å². The predicted molar refractivity (Wildman–Crippen MR) is 130 cm³/mol. The highest BCUT2D eigenvalue weighted by Gasteiger charge is 2.54. The number of amides is 2. The van der Waals surface area contributed by atoms with Crippen molar-refractivity contribution in [1.82, 2.24) is 24.8 Å². The van der Waals surface area contributed by atoms with Crippen molar-refractivity contribution < 1.29 is 28.9 Å². The number of aliphatic carboxylic acids is 1. The van der Waals surface area contributed by atoms with Gasteiger partial charge in [0.2, 0.25) is 0 Å². The first-order valence-corrected chi connectivity index (χ1v) is 12.6. The lowest BCUT2D eigenvalue weighted by Crippen LogP contribution is -2.71. The fourth-order valence-electron chi connectivity index (χ4n) is 4.13. The molecule has 1 saturated heterocycles.